The van der Waals surface area contributed by atoms with Crippen LogP contribution in [-0.4, -0.2) is 49.2 Å². The Bertz CT molecular complexity index is 716. The molecule has 7 heteroatoms. The van der Waals surface area contributed by atoms with Gasteiger partial charge in [-0.15, -0.1) is 0 Å². The first-order valence-corrected chi connectivity index (χ1v) is 9.83. The molecule has 1 heterocycles. The van der Waals surface area contributed by atoms with Crippen molar-refractivity contribution in [3.63, 3.8) is 0 Å². The molecule has 1 aromatic heterocycles. The fourth-order valence-electron chi connectivity index (χ4n) is 2.73. The predicted molar refractivity (Wildman–Crippen MR) is 113 cm³/mol. The lowest BCUT2D eigenvalue weighted by molar-refractivity contribution is 0.145. The van der Waals surface area contributed by atoms with Crippen molar-refractivity contribution < 1.29 is 9.47 Å². The van der Waals surface area contributed by atoms with Crippen LogP contribution < -0.4 is 15.4 Å². The number of hydrogen-bond acceptors (Lipinski definition) is 4. The first kappa shape index (κ1) is 21.8. The number of aromatic nitrogens is 2. The molecule has 1 atom stereocenters. The van der Waals surface area contributed by atoms with Gasteiger partial charge in [0.25, 0.3) is 0 Å². The van der Waals surface area contributed by atoms with Crippen molar-refractivity contribution in [1.82, 2.24) is 20.4 Å². The van der Waals surface area contributed by atoms with Gasteiger partial charge in [0.1, 0.15) is 12.4 Å². The van der Waals surface area contributed by atoms with Crippen LogP contribution in [0.25, 0.3) is 0 Å². The molecule has 7 nitrogen and oxygen atoms in total. The number of guanidine groups is 1. The molecule has 0 spiro atoms. The van der Waals surface area contributed by atoms with Gasteiger partial charge in [-0.2, -0.15) is 5.10 Å². The number of benzene rings is 1. The third-order valence-electron chi connectivity index (χ3n) is 4.20. The minimum absolute atomic E-state index is 0.427. The molecule has 0 radical (unpaired) electrons. The van der Waals surface area contributed by atoms with Crippen molar-refractivity contribution in [3.8, 4) is 5.75 Å². The molecule has 2 aromatic rings. The van der Waals surface area contributed by atoms with Gasteiger partial charge in [0.05, 0.1) is 13.2 Å². The van der Waals surface area contributed by atoms with E-state index in [1.807, 2.05) is 23.0 Å². The van der Waals surface area contributed by atoms with E-state index in [9.17, 15) is 0 Å². The summed E-state index contributed by atoms with van der Waals surface area (Å²) in [7, 11) is 1.67. The van der Waals surface area contributed by atoms with Gasteiger partial charge in [0, 0.05) is 44.7 Å². The first-order valence-electron chi connectivity index (χ1n) is 9.83. The second-order valence-electron chi connectivity index (χ2n) is 6.86. The van der Waals surface area contributed by atoms with Crippen molar-refractivity contribution >= 4 is 5.96 Å². The summed E-state index contributed by atoms with van der Waals surface area (Å²) < 4.78 is 12.9. The zero-order valence-corrected chi connectivity index (χ0v) is 17.4. The van der Waals surface area contributed by atoms with E-state index in [1.165, 1.54) is 0 Å². The minimum Gasteiger partial charge on any atom is -0.491 e. The lowest BCUT2D eigenvalue weighted by Gasteiger charge is -2.16. The number of rotatable bonds is 11. The van der Waals surface area contributed by atoms with E-state index in [2.05, 4.69) is 48.6 Å². The van der Waals surface area contributed by atoms with E-state index in [1.54, 1.807) is 13.3 Å². The average molecular weight is 388 g/mol. The monoisotopic (exact) mass is 387 g/mol. The van der Waals surface area contributed by atoms with E-state index >= 15 is 0 Å². The lowest BCUT2D eigenvalue weighted by Crippen LogP contribution is -2.40. The Morgan fingerprint density at radius 1 is 1.29 bits per heavy atom. The second-order valence-corrected chi connectivity index (χ2v) is 6.86. The predicted octanol–water partition coefficient (Wildman–Crippen LogP) is 2.61. The molecule has 0 saturated heterocycles. The van der Waals surface area contributed by atoms with E-state index in [0.717, 1.165) is 42.5 Å². The summed E-state index contributed by atoms with van der Waals surface area (Å²) in [6.07, 6.45) is 3.79. The molecule has 0 aliphatic heterocycles. The van der Waals surface area contributed by atoms with Crippen LogP contribution in [0.4, 0.5) is 0 Å². The smallest absolute Gasteiger partial charge is 0.191 e. The molecule has 0 aliphatic rings. The molecular weight excluding hydrogens is 354 g/mol. The summed E-state index contributed by atoms with van der Waals surface area (Å²) in [5, 5.41) is 11.0. The quantitative estimate of drug-likeness (QED) is 0.352. The van der Waals surface area contributed by atoms with Crippen LogP contribution in [0.1, 0.15) is 25.0 Å². The van der Waals surface area contributed by atoms with Gasteiger partial charge in [0.2, 0.25) is 0 Å². The van der Waals surface area contributed by atoms with E-state index in [0.29, 0.717) is 25.7 Å². The van der Waals surface area contributed by atoms with Gasteiger partial charge in [-0.05, 0) is 37.5 Å². The molecule has 1 aromatic carbocycles. The molecule has 1 unspecified atom stereocenters. The van der Waals surface area contributed by atoms with Crippen molar-refractivity contribution in [2.24, 2.45) is 10.9 Å². The maximum Gasteiger partial charge on any atom is 0.191 e. The van der Waals surface area contributed by atoms with Gasteiger partial charge in [-0.3, -0.25) is 4.68 Å². The van der Waals surface area contributed by atoms with Gasteiger partial charge < -0.3 is 20.1 Å². The second kappa shape index (κ2) is 12.0. The van der Waals surface area contributed by atoms with Crippen molar-refractivity contribution in [2.45, 2.75) is 33.9 Å². The zero-order chi connectivity index (χ0) is 20.2. The van der Waals surface area contributed by atoms with Crippen molar-refractivity contribution in [2.75, 3.05) is 33.4 Å². The average Bonchev–Trinajstić information content (AvgIpc) is 3.18. The van der Waals surface area contributed by atoms with E-state index < -0.39 is 0 Å². The summed E-state index contributed by atoms with van der Waals surface area (Å²) in [6.45, 7) is 10.5. The molecule has 0 bridgehead atoms. The highest BCUT2D eigenvalue weighted by molar-refractivity contribution is 5.79. The number of hydrogen-bond donors (Lipinski definition) is 2. The molecule has 0 fully saturated rings. The van der Waals surface area contributed by atoms with Gasteiger partial charge in [-0.1, -0.05) is 19.1 Å². The number of methoxy groups -OCH3 is 1. The van der Waals surface area contributed by atoms with Crippen LogP contribution in [0.5, 0.6) is 5.75 Å². The lowest BCUT2D eigenvalue weighted by atomic mass is 10.1. The summed E-state index contributed by atoms with van der Waals surface area (Å²) >= 11 is 0. The Morgan fingerprint density at radius 3 is 2.86 bits per heavy atom. The normalized spacial score (nSPS) is 12.6. The Morgan fingerprint density at radius 2 is 2.14 bits per heavy atom. The molecule has 28 heavy (non-hydrogen) atoms. The first-order chi connectivity index (χ1) is 13.6. The highest BCUT2D eigenvalue weighted by atomic mass is 16.5. The SMILES string of the molecule is CCNC(=NCc1ccc(C)cc1OCCOC)NCC(C)Cn1cccn1. The summed E-state index contributed by atoms with van der Waals surface area (Å²) in [5.41, 5.74) is 2.22. The number of aryl methyl sites for hydroxylation is 1. The van der Waals surface area contributed by atoms with Crippen molar-refractivity contribution in [3.05, 3.63) is 47.8 Å². The highest BCUT2D eigenvalue weighted by Gasteiger charge is 2.07. The third kappa shape index (κ3) is 7.60. The third-order valence-corrected chi connectivity index (χ3v) is 4.20. The highest BCUT2D eigenvalue weighted by Crippen LogP contribution is 2.21. The van der Waals surface area contributed by atoms with Gasteiger partial charge in [0.15, 0.2) is 5.96 Å². The van der Waals surface area contributed by atoms with Crippen LogP contribution in [0.15, 0.2) is 41.7 Å². The molecule has 0 saturated carbocycles. The molecule has 0 aliphatic carbocycles. The number of nitrogens with one attached hydrogen (secondary N) is 2. The minimum atomic E-state index is 0.427. The van der Waals surface area contributed by atoms with Crippen LogP contribution in [0.2, 0.25) is 0 Å². The van der Waals surface area contributed by atoms with Gasteiger partial charge in [-0.25, -0.2) is 4.99 Å². The molecule has 2 N–H and O–H groups in total. The Balaban J connectivity index is 1.95. The molecule has 0 amide bonds. The summed E-state index contributed by atoms with van der Waals surface area (Å²) in [5.74, 6) is 2.10. The fourth-order valence-corrected chi connectivity index (χ4v) is 2.73. The van der Waals surface area contributed by atoms with Crippen LogP contribution >= 0.6 is 0 Å². The van der Waals surface area contributed by atoms with Crippen LogP contribution in [-0.2, 0) is 17.8 Å². The Kier molecular flexibility index (Phi) is 9.34. The molecule has 2 rings (SSSR count). The molecular formula is C21H33N5O2. The van der Waals surface area contributed by atoms with Gasteiger partial charge >= 0.3 is 0 Å². The van der Waals surface area contributed by atoms with Crippen molar-refractivity contribution in [1.29, 1.82) is 0 Å². The van der Waals surface area contributed by atoms with E-state index in [-0.39, 0.29) is 0 Å². The van der Waals surface area contributed by atoms with Crippen LogP contribution in [0.3, 0.4) is 0 Å². The summed E-state index contributed by atoms with van der Waals surface area (Å²) in [6, 6.07) is 8.15. The Labute approximate surface area is 168 Å². The topological polar surface area (TPSA) is 72.7 Å². The largest absolute Gasteiger partial charge is 0.491 e. The fraction of sp³-hybridized carbons (Fsp3) is 0.524. The maximum absolute atomic E-state index is 5.86. The Hall–Kier alpha value is -2.54. The zero-order valence-electron chi connectivity index (χ0n) is 17.4. The number of ether oxygens (including phenoxy) is 2. The van der Waals surface area contributed by atoms with E-state index in [4.69, 9.17) is 14.5 Å². The summed E-state index contributed by atoms with van der Waals surface area (Å²) in [4.78, 5) is 4.73. The maximum atomic E-state index is 5.86. The molecule has 154 valence electrons. The number of nitrogens with zero attached hydrogens (tertiary/aromatic N) is 3. The van der Waals surface area contributed by atoms with Crippen LogP contribution in [0, 0.1) is 12.8 Å². The standard InChI is InChI=1S/C21H33N5O2/c1-5-22-21(23-14-18(3)16-26-10-6-9-25-26)24-15-19-8-7-17(2)13-20(19)28-12-11-27-4/h6-10,13,18H,5,11-12,14-16H2,1-4H3,(H2,22,23,24). The number of aliphatic imine (C=N–C) groups is 1.